The van der Waals surface area contributed by atoms with Gasteiger partial charge in [-0.15, -0.1) is 22.7 Å². The van der Waals surface area contributed by atoms with E-state index in [1.54, 1.807) is 36.0 Å². The summed E-state index contributed by atoms with van der Waals surface area (Å²) in [6, 6.07) is 12.6. The van der Waals surface area contributed by atoms with E-state index in [0.29, 0.717) is 31.9 Å². The number of alkyl halides is 6. The molecule has 0 atom stereocenters. The van der Waals surface area contributed by atoms with Crippen molar-refractivity contribution in [1.82, 2.24) is 18.5 Å². The van der Waals surface area contributed by atoms with Crippen LogP contribution < -0.4 is 0 Å². The lowest BCUT2D eigenvalue weighted by molar-refractivity contribution is -0.140. The van der Waals surface area contributed by atoms with Gasteiger partial charge in [0.25, 0.3) is 0 Å². The molecule has 4 aromatic heterocycles. The fourth-order valence-corrected chi connectivity index (χ4v) is 7.79. The number of fused-ring (bicyclic) bond motifs is 2. The third-order valence-corrected chi connectivity index (χ3v) is 9.96. The number of H-pyrrole nitrogens is 1. The number of nitrogens with one attached hydrogen (secondary N) is 1. The molecule has 0 amide bonds. The van der Waals surface area contributed by atoms with Crippen LogP contribution >= 0.6 is 34.4 Å². The van der Waals surface area contributed by atoms with Crippen molar-refractivity contribution in [2.45, 2.75) is 12.4 Å². The van der Waals surface area contributed by atoms with Crippen LogP contribution in [0.2, 0.25) is 0 Å². The summed E-state index contributed by atoms with van der Waals surface area (Å²) in [5.41, 5.74) is 2.02. The van der Waals surface area contributed by atoms with E-state index in [9.17, 15) is 35.1 Å². The van der Waals surface area contributed by atoms with Crippen LogP contribution in [-0.4, -0.2) is 18.5 Å². The smallest absolute Gasteiger partial charge is 0.296 e. The first-order valence-electron chi connectivity index (χ1n) is 12.6. The van der Waals surface area contributed by atoms with E-state index in [1.807, 2.05) is 0 Å². The molecule has 0 saturated heterocycles. The summed E-state index contributed by atoms with van der Waals surface area (Å²) in [6.45, 7) is 0. The number of aromatic nitrogens is 4. The van der Waals surface area contributed by atoms with Crippen molar-refractivity contribution >= 4 is 56.5 Å². The van der Waals surface area contributed by atoms with Gasteiger partial charge in [-0.1, -0.05) is 12.1 Å². The Labute approximate surface area is 254 Å². The first-order valence-corrected chi connectivity index (χ1v) is 14.9. The van der Waals surface area contributed by atoms with Gasteiger partial charge in [0.2, 0.25) is 0 Å². The molecule has 0 radical (unpaired) electrons. The van der Waals surface area contributed by atoms with Gasteiger partial charge < -0.3 is 0 Å². The number of halogens is 8. The lowest BCUT2D eigenvalue weighted by Crippen LogP contribution is -2.08. The van der Waals surface area contributed by atoms with Crippen LogP contribution in [0.5, 0.6) is 0 Å². The Balaban J connectivity index is 1.31. The molecular weight excluding hydrogens is 653 g/mol. The SMILES string of the molecule is Cn1[nH]c2c(-c3ccc(-c4ccc(C(F)(F)F)c(F)c4)s3)c3nsnc3c(-c3ccc(-c4ccc(C(F)(F)F)c(F)c4)s3)c21. The van der Waals surface area contributed by atoms with Crippen LogP contribution in [0, 0.1) is 11.6 Å². The predicted molar refractivity (Wildman–Crippen MR) is 156 cm³/mol. The highest BCUT2D eigenvalue weighted by Gasteiger charge is 2.35. The second kappa shape index (κ2) is 9.97. The Hall–Kier alpha value is -4.08. The second-order valence-corrected chi connectivity index (χ2v) is 12.5. The zero-order valence-corrected chi connectivity index (χ0v) is 24.3. The summed E-state index contributed by atoms with van der Waals surface area (Å²) in [6.07, 6.45) is -9.60. The summed E-state index contributed by atoms with van der Waals surface area (Å²) in [7, 11) is 1.80. The predicted octanol–water partition coefficient (Wildman–Crippen LogP) is 10.6. The molecule has 7 aromatic rings. The summed E-state index contributed by atoms with van der Waals surface area (Å²) >= 11 is 3.51. The molecule has 7 rings (SSSR count). The van der Waals surface area contributed by atoms with Gasteiger partial charge in [-0.2, -0.15) is 35.1 Å². The van der Waals surface area contributed by atoms with E-state index in [4.69, 9.17) is 0 Å². The zero-order valence-electron chi connectivity index (χ0n) is 21.9. The average Bonchev–Trinajstić information content (AvgIpc) is 3.72. The van der Waals surface area contributed by atoms with Gasteiger partial charge in [-0.05, 0) is 59.7 Å². The zero-order chi connectivity index (χ0) is 31.1. The van der Waals surface area contributed by atoms with E-state index in [-0.39, 0.29) is 0 Å². The molecule has 0 spiro atoms. The number of rotatable bonds is 4. The van der Waals surface area contributed by atoms with Gasteiger partial charge in [0.15, 0.2) is 0 Å². The molecule has 0 aliphatic heterocycles. The molecule has 0 saturated carbocycles. The fraction of sp³-hybridized carbons (Fsp3) is 0.103. The maximum Gasteiger partial charge on any atom is 0.419 e. The fourth-order valence-electron chi connectivity index (χ4n) is 5.13. The molecule has 0 aliphatic carbocycles. The molecule has 224 valence electrons. The lowest BCUT2D eigenvalue weighted by atomic mass is 10.0. The van der Waals surface area contributed by atoms with E-state index in [2.05, 4.69) is 13.8 Å². The monoisotopic (exact) mass is 666 g/mol. The second-order valence-electron chi connectivity index (χ2n) is 9.82. The molecule has 3 aromatic carbocycles. The highest BCUT2D eigenvalue weighted by Crippen LogP contribution is 2.48. The summed E-state index contributed by atoms with van der Waals surface area (Å²) < 4.78 is 118. The topological polar surface area (TPSA) is 46.5 Å². The Bertz CT molecular complexity index is 2210. The van der Waals surface area contributed by atoms with Crippen LogP contribution in [0.1, 0.15) is 11.1 Å². The molecule has 44 heavy (non-hydrogen) atoms. The molecular formula is C29H14F8N4S3. The van der Waals surface area contributed by atoms with Crippen molar-refractivity contribution in [2.75, 3.05) is 0 Å². The molecule has 0 fully saturated rings. The molecule has 0 aliphatic rings. The first kappa shape index (κ1) is 28.7. The largest absolute Gasteiger partial charge is 0.419 e. The van der Waals surface area contributed by atoms with Gasteiger partial charge in [-0.3, -0.25) is 9.78 Å². The van der Waals surface area contributed by atoms with E-state index < -0.39 is 35.1 Å². The molecule has 4 nitrogen and oxygen atoms in total. The van der Waals surface area contributed by atoms with Crippen molar-refractivity contribution in [2.24, 2.45) is 7.05 Å². The Morgan fingerprint density at radius 1 is 0.636 bits per heavy atom. The standard InChI is InChI=1S/C29H14F8N4S3/c1-41-27-23(21-9-7-19(43-21)13-3-5-15(17(31)11-13)29(35,36)37)25-24(39-44-40-25)22(26(27)38-41)20-8-6-18(42-20)12-2-4-14(16(30)10-12)28(32,33)34/h2-11,38H,1H3. The minimum Gasteiger partial charge on any atom is -0.296 e. The van der Waals surface area contributed by atoms with Crippen LogP contribution in [0.4, 0.5) is 35.1 Å². The number of nitrogens with zero attached hydrogens (tertiary/aromatic N) is 3. The van der Waals surface area contributed by atoms with Crippen LogP contribution in [-0.2, 0) is 19.4 Å². The number of thiophene rings is 2. The highest BCUT2D eigenvalue weighted by atomic mass is 32.1. The molecule has 1 N–H and O–H groups in total. The minimum absolute atomic E-state index is 0.297. The molecule has 0 bridgehead atoms. The summed E-state index contributed by atoms with van der Waals surface area (Å²) in [5, 5.41) is 3.23. The number of benzene rings is 3. The maximum atomic E-state index is 14.3. The molecule has 0 unspecified atom stereocenters. The average molecular weight is 667 g/mol. The Morgan fingerprint density at radius 2 is 1.09 bits per heavy atom. The van der Waals surface area contributed by atoms with Crippen molar-refractivity contribution in [3.05, 3.63) is 83.4 Å². The quantitative estimate of drug-likeness (QED) is 0.190. The van der Waals surface area contributed by atoms with Gasteiger partial charge in [-0.25, -0.2) is 8.78 Å². The molecule has 4 heterocycles. The molecule has 15 heteroatoms. The van der Waals surface area contributed by atoms with Crippen molar-refractivity contribution in [3.63, 3.8) is 0 Å². The number of hydrogen-bond donors (Lipinski definition) is 1. The van der Waals surface area contributed by atoms with Crippen molar-refractivity contribution in [3.8, 4) is 41.8 Å². The van der Waals surface area contributed by atoms with Gasteiger partial charge in [0.05, 0.1) is 33.9 Å². The Kier molecular flexibility index (Phi) is 6.50. The number of aromatic amines is 1. The van der Waals surface area contributed by atoms with E-state index in [0.717, 1.165) is 67.9 Å². The Morgan fingerprint density at radius 3 is 1.55 bits per heavy atom. The van der Waals surface area contributed by atoms with Gasteiger partial charge >= 0.3 is 12.4 Å². The van der Waals surface area contributed by atoms with E-state index >= 15 is 0 Å². The normalized spacial score (nSPS) is 12.7. The minimum atomic E-state index is -4.80. The maximum absolute atomic E-state index is 14.3. The summed E-state index contributed by atoms with van der Waals surface area (Å²) in [4.78, 5) is 2.58. The van der Waals surface area contributed by atoms with E-state index in [1.165, 1.54) is 34.8 Å². The van der Waals surface area contributed by atoms with Crippen LogP contribution in [0.3, 0.4) is 0 Å². The van der Waals surface area contributed by atoms with Gasteiger partial charge in [0, 0.05) is 37.7 Å². The lowest BCUT2D eigenvalue weighted by Gasteiger charge is -2.19. The van der Waals surface area contributed by atoms with Crippen molar-refractivity contribution < 1.29 is 35.1 Å². The van der Waals surface area contributed by atoms with Crippen molar-refractivity contribution in [1.29, 1.82) is 0 Å². The van der Waals surface area contributed by atoms with Crippen LogP contribution in [0.15, 0.2) is 60.7 Å². The van der Waals surface area contributed by atoms with Crippen LogP contribution in [0.25, 0.3) is 63.8 Å². The van der Waals surface area contributed by atoms with Gasteiger partial charge in [0.1, 0.15) is 22.7 Å². The first-order chi connectivity index (χ1) is 20.8. The highest BCUT2D eigenvalue weighted by molar-refractivity contribution is 7.19. The number of hydrogen-bond acceptors (Lipinski definition) is 5. The number of aryl methyl sites for hydroxylation is 1. The third-order valence-electron chi connectivity index (χ3n) is 7.12. The third kappa shape index (κ3) is 4.61. The summed E-state index contributed by atoms with van der Waals surface area (Å²) in [5.74, 6) is -2.72.